The standard InChI is InChI=1S/C30H58O13/c1-2-3-4-5-6-7-8-9-10-11-12-13-14-15-39-18-20(33)19-40-29-27(38)28(24(35)22(17-32)41-29)43-30-26(37)25(36)23(34)21(16-31)42-30/h20-38H,2-19H2,1H3/t20?,21-,22-,23-,24-,25+,26-,27+,28+,29+,30-/m1/s1. The van der Waals surface area contributed by atoms with E-state index in [2.05, 4.69) is 6.92 Å². The molecule has 11 atom stereocenters. The van der Waals surface area contributed by atoms with Gasteiger partial charge in [0.1, 0.15) is 54.9 Å². The minimum absolute atomic E-state index is 0.0118. The number of hydrogen-bond acceptors (Lipinski definition) is 13. The fraction of sp³-hybridized carbons (Fsp3) is 1.00. The van der Waals surface area contributed by atoms with E-state index in [1.807, 2.05) is 0 Å². The molecule has 13 nitrogen and oxygen atoms in total. The van der Waals surface area contributed by atoms with Crippen molar-refractivity contribution in [2.75, 3.05) is 33.0 Å². The number of unbranched alkanes of at least 4 members (excludes halogenated alkanes) is 12. The summed E-state index contributed by atoms with van der Waals surface area (Å²) in [6, 6.07) is 0. The Morgan fingerprint density at radius 3 is 1.65 bits per heavy atom. The van der Waals surface area contributed by atoms with Crippen LogP contribution in [0.1, 0.15) is 90.4 Å². The summed E-state index contributed by atoms with van der Waals surface area (Å²) in [4.78, 5) is 0. The highest BCUT2D eigenvalue weighted by molar-refractivity contribution is 4.94. The summed E-state index contributed by atoms with van der Waals surface area (Å²) in [6.07, 6.45) is -0.128. The van der Waals surface area contributed by atoms with E-state index >= 15 is 0 Å². The van der Waals surface area contributed by atoms with Crippen LogP contribution in [-0.4, -0.2) is 141 Å². The van der Waals surface area contributed by atoms with Crippen LogP contribution in [0.5, 0.6) is 0 Å². The second kappa shape index (κ2) is 22.1. The van der Waals surface area contributed by atoms with Gasteiger partial charge in [0.15, 0.2) is 12.6 Å². The topological polar surface area (TPSA) is 208 Å². The van der Waals surface area contributed by atoms with E-state index in [9.17, 15) is 40.9 Å². The van der Waals surface area contributed by atoms with Gasteiger partial charge >= 0.3 is 0 Å². The van der Waals surface area contributed by atoms with Crippen LogP contribution >= 0.6 is 0 Å². The Morgan fingerprint density at radius 1 is 0.581 bits per heavy atom. The first-order valence-electron chi connectivity index (χ1n) is 16.2. The van der Waals surface area contributed by atoms with Crippen molar-refractivity contribution in [3.8, 4) is 0 Å². The molecule has 0 aliphatic carbocycles. The number of aliphatic hydroxyl groups is 8. The Morgan fingerprint density at radius 2 is 1.09 bits per heavy atom. The smallest absolute Gasteiger partial charge is 0.187 e. The molecule has 2 aliphatic heterocycles. The Balaban J connectivity index is 1.63. The highest BCUT2D eigenvalue weighted by atomic mass is 16.7. The summed E-state index contributed by atoms with van der Waals surface area (Å²) in [5, 5.41) is 80.8. The van der Waals surface area contributed by atoms with E-state index in [4.69, 9.17) is 23.7 Å². The van der Waals surface area contributed by atoms with E-state index in [1.165, 1.54) is 64.2 Å². The molecule has 0 aromatic rings. The maximum absolute atomic E-state index is 10.8. The fourth-order valence-corrected chi connectivity index (χ4v) is 5.38. The Bertz CT molecular complexity index is 686. The molecule has 2 fully saturated rings. The van der Waals surface area contributed by atoms with E-state index in [0.29, 0.717) is 6.61 Å². The zero-order chi connectivity index (χ0) is 31.6. The highest BCUT2D eigenvalue weighted by Gasteiger charge is 2.50. The average Bonchev–Trinajstić information content (AvgIpc) is 3.00. The van der Waals surface area contributed by atoms with Gasteiger partial charge in [-0.25, -0.2) is 0 Å². The van der Waals surface area contributed by atoms with E-state index < -0.39 is 80.7 Å². The van der Waals surface area contributed by atoms with Gasteiger partial charge in [0, 0.05) is 6.61 Å². The Hall–Kier alpha value is -0.520. The van der Waals surface area contributed by atoms with Crippen molar-refractivity contribution < 1.29 is 64.5 Å². The lowest BCUT2D eigenvalue weighted by molar-refractivity contribution is -0.361. The highest BCUT2D eigenvalue weighted by Crippen LogP contribution is 2.29. The van der Waals surface area contributed by atoms with Crippen LogP contribution < -0.4 is 0 Å². The molecule has 1 unspecified atom stereocenters. The van der Waals surface area contributed by atoms with Gasteiger partial charge in [0.2, 0.25) is 0 Å². The van der Waals surface area contributed by atoms with Gasteiger partial charge in [-0.1, -0.05) is 84.0 Å². The van der Waals surface area contributed by atoms with Crippen molar-refractivity contribution in [2.45, 2.75) is 158 Å². The molecule has 2 heterocycles. The minimum Gasteiger partial charge on any atom is -0.394 e. The van der Waals surface area contributed by atoms with Gasteiger partial charge in [0.05, 0.1) is 26.4 Å². The van der Waals surface area contributed by atoms with Crippen LogP contribution in [0, 0.1) is 0 Å². The van der Waals surface area contributed by atoms with Gasteiger partial charge in [-0.15, -0.1) is 0 Å². The number of hydrogen-bond donors (Lipinski definition) is 8. The van der Waals surface area contributed by atoms with Crippen molar-refractivity contribution in [2.24, 2.45) is 0 Å². The van der Waals surface area contributed by atoms with E-state index in [1.54, 1.807) is 0 Å². The lowest BCUT2D eigenvalue weighted by Gasteiger charge is -2.46. The summed E-state index contributed by atoms with van der Waals surface area (Å²) in [6.45, 7) is 1.13. The normalized spacial score (nSPS) is 34.0. The molecule has 2 rings (SSSR count). The molecular weight excluding hydrogens is 568 g/mol. The molecule has 0 aromatic heterocycles. The summed E-state index contributed by atoms with van der Waals surface area (Å²) in [7, 11) is 0. The third-order valence-electron chi connectivity index (χ3n) is 8.12. The fourth-order valence-electron chi connectivity index (χ4n) is 5.38. The van der Waals surface area contributed by atoms with Gasteiger partial charge in [-0.2, -0.15) is 0 Å². The van der Waals surface area contributed by atoms with Crippen LogP contribution in [0.15, 0.2) is 0 Å². The minimum atomic E-state index is -1.76. The van der Waals surface area contributed by atoms with Gasteiger partial charge in [-0.05, 0) is 6.42 Å². The molecular formula is C30H58O13. The molecule has 256 valence electrons. The Kier molecular flexibility index (Phi) is 19.9. The molecule has 0 aromatic carbocycles. The summed E-state index contributed by atoms with van der Waals surface area (Å²) in [5.41, 5.74) is 0. The summed E-state index contributed by atoms with van der Waals surface area (Å²) < 4.78 is 27.3. The van der Waals surface area contributed by atoms with Crippen LogP contribution in [0.2, 0.25) is 0 Å². The van der Waals surface area contributed by atoms with Crippen molar-refractivity contribution in [3.05, 3.63) is 0 Å². The predicted molar refractivity (Wildman–Crippen MR) is 155 cm³/mol. The molecule has 2 aliphatic rings. The molecule has 0 bridgehead atoms. The number of ether oxygens (including phenoxy) is 5. The molecule has 0 saturated carbocycles. The van der Waals surface area contributed by atoms with Gasteiger partial charge in [-0.3, -0.25) is 0 Å². The molecule has 2 saturated heterocycles. The zero-order valence-corrected chi connectivity index (χ0v) is 25.7. The predicted octanol–water partition coefficient (Wildman–Crippen LogP) is 0.0958. The monoisotopic (exact) mass is 626 g/mol. The average molecular weight is 627 g/mol. The lowest BCUT2D eigenvalue weighted by Crippen LogP contribution is -2.65. The van der Waals surface area contributed by atoms with Crippen molar-refractivity contribution in [1.29, 1.82) is 0 Å². The third kappa shape index (κ3) is 13.4. The molecule has 0 radical (unpaired) electrons. The maximum Gasteiger partial charge on any atom is 0.187 e. The summed E-state index contributed by atoms with van der Waals surface area (Å²) >= 11 is 0. The zero-order valence-electron chi connectivity index (χ0n) is 25.7. The van der Waals surface area contributed by atoms with Crippen LogP contribution in [0.4, 0.5) is 0 Å². The lowest BCUT2D eigenvalue weighted by atomic mass is 9.97. The van der Waals surface area contributed by atoms with E-state index in [0.717, 1.165) is 19.3 Å². The first kappa shape index (κ1) is 38.7. The molecule has 43 heavy (non-hydrogen) atoms. The van der Waals surface area contributed by atoms with Crippen molar-refractivity contribution in [1.82, 2.24) is 0 Å². The van der Waals surface area contributed by atoms with Crippen molar-refractivity contribution >= 4 is 0 Å². The second-order valence-corrected chi connectivity index (χ2v) is 11.8. The van der Waals surface area contributed by atoms with E-state index in [-0.39, 0.29) is 13.2 Å². The molecule has 8 N–H and O–H groups in total. The SMILES string of the molecule is CCCCCCCCCCCCCCCOCC(O)CO[C@H]1O[C@H](CO)[C@@H](O)[C@H](O[C@H]2O[C@H](CO)[C@@H](O)[C@H](O)[C@H]2O)[C@@H]1O. The van der Waals surface area contributed by atoms with Gasteiger partial charge in [0.25, 0.3) is 0 Å². The largest absolute Gasteiger partial charge is 0.394 e. The summed E-state index contributed by atoms with van der Waals surface area (Å²) in [5.74, 6) is 0. The number of aliphatic hydroxyl groups excluding tert-OH is 8. The quantitative estimate of drug-likeness (QED) is 0.0709. The molecule has 13 heteroatoms. The molecule has 0 amide bonds. The van der Waals surface area contributed by atoms with Gasteiger partial charge < -0.3 is 64.5 Å². The Labute approximate surface area is 255 Å². The van der Waals surface area contributed by atoms with Crippen LogP contribution in [-0.2, 0) is 23.7 Å². The van der Waals surface area contributed by atoms with Crippen LogP contribution in [0.3, 0.4) is 0 Å². The second-order valence-electron chi connectivity index (χ2n) is 11.8. The first-order valence-corrected chi connectivity index (χ1v) is 16.2. The number of rotatable bonds is 23. The molecule has 0 spiro atoms. The third-order valence-corrected chi connectivity index (χ3v) is 8.12. The maximum atomic E-state index is 10.8. The first-order chi connectivity index (χ1) is 20.7. The van der Waals surface area contributed by atoms with Crippen LogP contribution in [0.25, 0.3) is 0 Å². The van der Waals surface area contributed by atoms with Crippen molar-refractivity contribution in [3.63, 3.8) is 0 Å².